The van der Waals surface area contributed by atoms with Crippen molar-refractivity contribution in [3.05, 3.63) is 51.0 Å². The fourth-order valence-corrected chi connectivity index (χ4v) is 2.32. The number of benzene rings is 2. The maximum atomic E-state index is 11.8. The van der Waals surface area contributed by atoms with Crippen LogP contribution in [0.3, 0.4) is 0 Å². The predicted octanol–water partition coefficient (Wildman–Crippen LogP) is 5.66. The van der Waals surface area contributed by atoms with Crippen LogP contribution in [-0.2, 0) is 4.79 Å². The Morgan fingerprint density at radius 1 is 1.25 bits per heavy atom. The van der Waals surface area contributed by atoms with Crippen LogP contribution in [0.5, 0.6) is 11.5 Å². The van der Waals surface area contributed by atoms with Gasteiger partial charge in [0.05, 0.1) is 21.7 Å². The summed E-state index contributed by atoms with van der Waals surface area (Å²) in [6.45, 7) is 3.38. The van der Waals surface area contributed by atoms with Crippen LogP contribution in [-0.4, -0.2) is 17.3 Å². The molecule has 0 amide bonds. The van der Waals surface area contributed by atoms with E-state index in [9.17, 15) is 9.90 Å². The number of carbonyl (C=O) groups is 1. The van der Waals surface area contributed by atoms with Crippen molar-refractivity contribution in [1.82, 2.24) is 0 Å². The molecule has 0 atom stereocenters. The number of aromatic hydroxyl groups is 1. The van der Waals surface area contributed by atoms with Gasteiger partial charge in [-0.3, -0.25) is 9.79 Å². The molecule has 0 radical (unpaired) electrons. The van der Waals surface area contributed by atoms with Gasteiger partial charge in [-0.2, -0.15) is 0 Å². The molecule has 0 spiro atoms. The highest BCUT2D eigenvalue weighted by Crippen LogP contribution is 2.35. The van der Waals surface area contributed by atoms with Gasteiger partial charge >= 0.3 is 5.97 Å². The minimum absolute atomic E-state index is 0.0139. The average molecular weight is 387 g/mol. The largest absolute Gasteiger partial charge is 0.504 e. The first-order valence-electron chi connectivity index (χ1n) is 7.02. The second-order valence-electron chi connectivity index (χ2n) is 5.25. The number of halogens is 3. The number of aliphatic imine (C=N–C) groups is 1. The third-order valence-corrected chi connectivity index (χ3v) is 4.04. The van der Waals surface area contributed by atoms with Crippen LogP contribution in [0.2, 0.25) is 15.1 Å². The van der Waals surface area contributed by atoms with Gasteiger partial charge in [0.25, 0.3) is 0 Å². The van der Waals surface area contributed by atoms with Crippen LogP contribution in [0.4, 0.5) is 5.69 Å². The Morgan fingerprint density at radius 2 is 1.96 bits per heavy atom. The van der Waals surface area contributed by atoms with Gasteiger partial charge in [-0.1, -0.05) is 54.7 Å². The van der Waals surface area contributed by atoms with Crippen LogP contribution in [0.25, 0.3) is 0 Å². The molecular weight excluding hydrogens is 373 g/mol. The van der Waals surface area contributed by atoms with Crippen molar-refractivity contribution < 1.29 is 14.6 Å². The smallest absolute Gasteiger partial charge is 0.313 e. The number of phenols is 1. The highest BCUT2D eigenvalue weighted by molar-refractivity contribution is 6.43. The van der Waals surface area contributed by atoms with Gasteiger partial charge in [0.2, 0.25) is 0 Å². The summed E-state index contributed by atoms with van der Waals surface area (Å²) in [5.74, 6) is -1.11. The molecule has 2 aromatic rings. The van der Waals surface area contributed by atoms with E-state index in [1.54, 1.807) is 32.0 Å². The predicted molar refractivity (Wildman–Crippen MR) is 97.3 cm³/mol. The van der Waals surface area contributed by atoms with Gasteiger partial charge in [-0.15, -0.1) is 0 Å². The third-order valence-electron chi connectivity index (χ3n) is 3.01. The van der Waals surface area contributed by atoms with Crippen molar-refractivity contribution in [3.8, 4) is 11.5 Å². The van der Waals surface area contributed by atoms with E-state index in [1.165, 1.54) is 18.3 Å². The lowest BCUT2D eigenvalue weighted by atomic mass is 10.2. The third kappa shape index (κ3) is 4.41. The van der Waals surface area contributed by atoms with Gasteiger partial charge < -0.3 is 9.84 Å². The SMILES string of the molecule is CC(C)C(=O)Oc1c(O)cc(Cl)cc1C=Nc1cccc(Cl)c1Cl. The molecular formula is C17H14Cl3NO3. The molecule has 0 aliphatic heterocycles. The fourth-order valence-electron chi connectivity index (χ4n) is 1.76. The lowest BCUT2D eigenvalue weighted by Crippen LogP contribution is -2.15. The molecule has 0 aliphatic rings. The zero-order valence-corrected chi connectivity index (χ0v) is 15.2. The normalized spacial score (nSPS) is 11.2. The van der Waals surface area contributed by atoms with Crippen molar-refractivity contribution in [2.24, 2.45) is 10.9 Å². The van der Waals surface area contributed by atoms with Gasteiger partial charge in [0, 0.05) is 22.9 Å². The lowest BCUT2D eigenvalue weighted by molar-refractivity contribution is -0.137. The van der Waals surface area contributed by atoms with Crippen molar-refractivity contribution in [2.45, 2.75) is 13.8 Å². The number of phenolic OH excluding ortho intramolecular Hbond substituents is 1. The molecule has 0 aliphatic carbocycles. The van der Waals surface area contributed by atoms with Crippen molar-refractivity contribution in [1.29, 1.82) is 0 Å². The van der Waals surface area contributed by atoms with Crippen molar-refractivity contribution in [2.75, 3.05) is 0 Å². The highest BCUT2D eigenvalue weighted by atomic mass is 35.5. The fraction of sp³-hybridized carbons (Fsp3) is 0.176. The maximum absolute atomic E-state index is 11.8. The molecule has 0 heterocycles. The second kappa shape index (κ2) is 7.88. The molecule has 4 nitrogen and oxygen atoms in total. The Hall–Kier alpha value is -1.75. The first-order chi connectivity index (χ1) is 11.3. The van der Waals surface area contributed by atoms with Gasteiger partial charge in [-0.25, -0.2) is 0 Å². The summed E-state index contributed by atoms with van der Waals surface area (Å²) in [6.07, 6.45) is 1.39. The number of hydrogen-bond donors (Lipinski definition) is 1. The van der Waals surface area contributed by atoms with Crippen molar-refractivity contribution in [3.63, 3.8) is 0 Å². The first-order valence-corrected chi connectivity index (χ1v) is 8.15. The molecule has 7 heteroatoms. The molecule has 0 saturated heterocycles. The van der Waals surface area contributed by atoms with E-state index in [1.807, 2.05) is 0 Å². The Morgan fingerprint density at radius 3 is 2.62 bits per heavy atom. The number of hydrogen-bond acceptors (Lipinski definition) is 4. The van der Waals surface area contributed by atoms with E-state index >= 15 is 0 Å². The molecule has 0 saturated carbocycles. The summed E-state index contributed by atoms with van der Waals surface area (Å²) >= 11 is 18.0. The first kappa shape index (κ1) is 18.6. The summed E-state index contributed by atoms with van der Waals surface area (Å²) in [5, 5.41) is 11.0. The van der Waals surface area contributed by atoms with E-state index in [0.29, 0.717) is 21.3 Å². The van der Waals surface area contributed by atoms with E-state index < -0.39 is 5.97 Å². The second-order valence-corrected chi connectivity index (χ2v) is 6.47. The number of ether oxygens (including phenoxy) is 1. The highest BCUT2D eigenvalue weighted by Gasteiger charge is 2.17. The monoisotopic (exact) mass is 385 g/mol. The van der Waals surface area contributed by atoms with E-state index in [2.05, 4.69) is 4.99 Å². The minimum Gasteiger partial charge on any atom is -0.504 e. The van der Waals surface area contributed by atoms with Gasteiger partial charge in [0.1, 0.15) is 0 Å². The Balaban J connectivity index is 2.43. The summed E-state index contributed by atoms with van der Waals surface area (Å²) in [4.78, 5) is 16.1. The number of rotatable bonds is 4. The summed E-state index contributed by atoms with van der Waals surface area (Å²) in [7, 11) is 0. The molecule has 0 unspecified atom stereocenters. The minimum atomic E-state index is -0.483. The molecule has 0 aromatic heterocycles. The lowest BCUT2D eigenvalue weighted by Gasteiger charge is -2.11. The van der Waals surface area contributed by atoms with E-state index in [-0.39, 0.29) is 22.4 Å². The topological polar surface area (TPSA) is 58.9 Å². The maximum Gasteiger partial charge on any atom is 0.313 e. The van der Waals surface area contributed by atoms with Crippen LogP contribution < -0.4 is 4.74 Å². The van der Waals surface area contributed by atoms with Gasteiger partial charge in [-0.05, 0) is 18.2 Å². The Kier molecular flexibility index (Phi) is 6.10. The molecule has 0 fully saturated rings. The number of nitrogens with zero attached hydrogens (tertiary/aromatic N) is 1. The van der Waals surface area contributed by atoms with Crippen LogP contribution >= 0.6 is 34.8 Å². The number of carbonyl (C=O) groups excluding carboxylic acids is 1. The molecule has 0 bridgehead atoms. The van der Waals surface area contributed by atoms with Crippen LogP contribution in [0, 0.1) is 5.92 Å². The molecule has 2 rings (SSSR count). The zero-order valence-electron chi connectivity index (χ0n) is 12.9. The summed E-state index contributed by atoms with van der Waals surface area (Å²) < 4.78 is 5.24. The quantitative estimate of drug-likeness (QED) is 0.419. The zero-order chi connectivity index (χ0) is 17.9. The Bertz CT molecular complexity index is 804. The number of esters is 1. The summed E-state index contributed by atoms with van der Waals surface area (Å²) in [5.41, 5.74) is 0.773. The van der Waals surface area contributed by atoms with Crippen LogP contribution in [0.1, 0.15) is 19.4 Å². The molecule has 126 valence electrons. The van der Waals surface area contributed by atoms with E-state index in [0.717, 1.165) is 0 Å². The van der Waals surface area contributed by atoms with Crippen molar-refractivity contribution >= 4 is 52.7 Å². The van der Waals surface area contributed by atoms with E-state index in [4.69, 9.17) is 39.5 Å². The van der Waals surface area contributed by atoms with Crippen LogP contribution in [0.15, 0.2) is 35.3 Å². The Labute approximate surface area is 154 Å². The summed E-state index contributed by atoms with van der Waals surface area (Å²) in [6, 6.07) is 7.83. The molecule has 1 N–H and O–H groups in total. The standard InChI is InChI=1S/C17H14Cl3NO3/c1-9(2)17(23)24-16-10(6-11(18)7-14(16)22)8-21-13-5-3-4-12(19)15(13)20/h3-9,22H,1-2H3. The average Bonchev–Trinajstić information content (AvgIpc) is 2.51. The molecule has 2 aromatic carbocycles. The van der Waals surface area contributed by atoms with Gasteiger partial charge in [0.15, 0.2) is 11.5 Å². The molecule has 24 heavy (non-hydrogen) atoms.